The Balaban J connectivity index is 1.31. The van der Waals surface area contributed by atoms with Crippen LogP contribution in [0, 0.1) is 24.7 Å². The number of allylic oxidation sites excluding steroid dienone is 4. The zero-order chi connectivity index (χ0) is 59.9. The summed E-state index contributed by atoms with van der Waals surface area (Å²) in [5.74, 6) is -3.36. The second kappa shape index (κ2) is 30.3. The van der Waals surface area contributed by atoms with Crippen LogP contribution in [0.2, 0.25) is 5.02 Å². The van der Waals surface area contributed by atoms with E-state index in [1.807, 2.05) is 52.8 Å². The lowest BCUT2D eigenvalue weighted by Gasteiger charge is -2.41. The van der Waals surface area contributed by atoms with E-state index in [0.29, 0.717) is 63.8 Å². The third-order valence-electron chi connectivity index (χ3n) is 15.5. The number of anilines is 2. The molecule has 6 N–H and O–H groups in total. The van der Waals surface area contributed by atoms with Gasteiger partial charge in [-0.2, -0.15) is 0 Å². The molecule has 4 bridgehead atoms. The van der Waals surface area contributed by atoms with Gasteiger partial charge in [0.05, 0.1) is 35.7 Å². The Kier molecular flexibility index (Phi) is 24.9. The first-order valence-electron chi connectivity index (χ1n) is 27.6. The number of epoxide rings is 1. The molecule has 0 aromatic heterocycles. The molecule has 2 fully saturated rings. The van der Waals surface area contributed by atoms with Gasteiger partial charge in [0.1, 0.15) is 35.3 Å². The maximum atomic E-state index is 14.4. The van der Waals surface area contributed by atoms with Crippen molar-refractivity contribution in [2.24, 2.45) is 23.5 Å². The number of carbonyl (C=O) groups is 8. The summed E-state index contributed by atoms with van der Waals surface area (Å²) in [5, 5.41) is 20.9. The number of nitrogens with two attached hydrogens (primary N) is 1. The molecule has 0 saturated carbocycles. The number of methoxy groups -OCH3 is 1. The number of alkyl halides is 1. The number of rotatable bonds is 24. The van der Waals surface area contributed by atoms with Crippen LogP contribution in [0.1, 0.15) is 128 Å². The number of fused-ring (bicyclic) bond motifs is 5. The molecule has 21 heteroatoms. The summed E-state index contributed by atoms with van der Waals surface area (Å²) in [6, 6.07) is 6.84. The van der Waals surface area contributed by atoms with E-state index >= 15 is 0 Å². The van der Waals surface area contributed by atoms with Crippen molar-refractivity contribution in [1.82, 2.24) is 10.6 Å². The van der Waals surface area contributed by atoms with Crippen molar-refractivity contribution in [2.45, 2.75) is 173 Å². The van der Waals surface area contributed by atoms with Gasteiger partial charge in [-0.3, -0.25) is 34.1 Å². The second-order valence-electron chi connectivity index (χ2n) is 22.4. The number of esters is 1. The van der Waals surface area contributed by atoms with Gasteiger partial charge in [-0.15, -0.1) is 0 Å². The summed E-state index contributed by atoms with van der Waals surface area (Å²) in [7, 11) is 3.06. The molecule has 81 heavy (non-hydrogen) atoms. The number of halogens is 3. The number of ether oxygens (including phenoxy) is 4. The normalized spacial score (nSPS) is 24.8. The van der Waals surface area contributed by atoms with Crippen molar-refractivity contribution < 1.29 is 62.4 Å². The highest BCUT2D eigenvalue weighted by atomic mass is 79.9. The number of amides is 5. The van der Waals surface area contributed by atoms with Gasteiger partial charge in [0, 0.05) is 80.1 Å². The molecule has 0 radical (unpaired) electrons. The van der Waals surface area contributed by atoms with Crippen LogP contribution in [0.5, 0.6) is 0 Å². The van der Waals surface area contributed by atoms with E-state index in [2.05, 4.69) is 54.4 Å². The molecular formula is C60H80Br2ClN5O13. The van der Waals surface area contributed by atoms with Gasteiger partial charge >= 0.3 is 18.1 Å². The minimum absolute atomic E-state index is 0.00266. The van der Waals surface area contributed by atoms with E-state index in [-0.39, 0.29) is 80.4 Å². The highest BCUT2D eigenvalue weighted by Gasteiger charge is 2.64. The molecule has 18 nitrogen and oxygen atoms in total. The smallest absolute Gasteiger partial charge is 0.412 e. The first-order valence-corrected chi connectivity index (χ1v) is 29.9. The molecule has 0 spiro atoms. The van der Waals surface area contributed by atoms with Gasteiger partial charge in [-0.25, -0.2) is 9.59 Å². The van der Waals surface area contributed by atoms with Crippen LogP contribution in [0.3, 0.4) is 0 Å². The monoisotopic (exact) mass is 1270 g/mol. The zero-order valence-corrected chi connectivity index (χ0v) is 51.7. The molecule has 2 aromatic carbocycles. The van der Waals surface area contributed by atoms with E-state index in [4.69, 9.17) is 36.3 Å². The Morgan fingerprint density at radius 2 is 1.74 bits per heavy atom. The number of nitrogens with zero attached hydrogens (tertiary/aromatic N) is 1. The van der Waals surface area contributed by atoms with Crippen LogP contribution in [0.15, 0.2) is 70.8 Å². The molecule has 0 aliphatic carbocycles. The van der Waals surface area contributed by atoms with Crippen molar-refractivity contribution in [3.05, 3.63) is 92.5 Å². The fourth-order valence-corrected chi connectivity index (χ4v) is 11.6. The van der Waals surface area contributed by atoms with Crippen molar-refractivity contribution in [3.63, 3.8) is 0 Å². The molecule has 3 aliphatic heterocycles. The predicted octanol–water partition coefficient (Wildman–Crippen LogP) is 9.82. The fourth-order valence-electron chi connectivity index (χ4n) is 10.6. The van der Waals surface area contributed by atoms with Crippen LogP contribution in [-0.2, 0) is 60.6 Å². The molecule has 3 heterocycles. The number of Topliss-reactive ketones (excluding diaryl/α,β-unsaturated/α-hetero) is 3. The Morgan fingerprint density at radius 1 is 1.04 bits per heavy atom. The van der Waals surface area contributed by atoms with Gasteiger partial charge in [0.2, 0.25) is 11.8 Å². The molecule has 0 unspecified atom stereocenters. The highest BCUT2D eigenvalue weighted by Crippen LogP contribution is 2.50. The number of unbranched alkanes of at least 4 members (excludes halogenated alkanes) is 3. The van der Waals surface area contributed by atoms with E-state index < -0.39 is 83.4 Å². The predicted molar refractivity (Wildman–Crippen MR) is 317 cm³/mol. The maximum Gasteiger partial charge on any atom is 0.412 e. The molecule has 444 valence electrons. The molecule has 5 rings (SSSR count). The maximum absolute atomic E-state index is 14.4. The summed E-state index contributed by atoms with van der Waals surface area (Å²) in [6.07, 6.45) is 4.62. The van der Waals surface area contributed by atoms with Gasteiger partial charge < -0.3 is 45.3 Å². The van der Waals surface area contributed by atoms with E-state index in [9.17, 15) is 43.5 Å². The molecule has 3 aliphatic rings. The Hall–Kier alpha value is -5.25. The van der Waals surface area contributed by atoms with Gasteiger partial charge in [-0.1, -0.05) is 120 Å². The van der Waals surface area contributed by atoms with Crippen LogP contribution >= 0.6 is 43.5 Å². The van der Waals surface area contributed by atoms with Crippen molar-refractivity contribution in [2.75, 3.05) is 36.2 Å². The number of primary amides is 1. The fraction of sp³-hybridized carbons (Fsp3) is 0.567. The number of carbonyl (C=O) groups excluding carboxylic acids is 8. The summed E-state index contributed by atoms with van der Waals surface area (Å²) < 4.78 is 24.5. The van der Waals surface area contributed by atoms with Crippen LogP contribution in [0.25, 0.3) is 0 Å². The first-order chi connectivity index (χ1) is 38.2. The summed E-state index contributed by atoms with van der Waals surface area (Å²) in [4.78, 5) is 108. The topological polar surface area (TPSA) is 262 Å². The third kappa shape index (κ3) is 18.9. The average Bonchev–Trinajstić information content (AvgIpc) is 4.14. The quantitative estimate of drug-likeness (QED) is 0.0216. The molecule has 2 aromatic rings. The largest absolute Gasteiger partial charge is 0.462 e. The number of hydrogen-bond donors (Lipinski definition) is 5. The number of urea groups is 1. The van der Waals surface area contributed by atoms with E-state index in [1.165, 1.54) is 12.0 Å². The lowest BCUT2D eigenvalue weighted by atomic mass is 9.78. The second-order valence-corrected chi connectivity index (χ2v) is 24.2. The minimum atomic E-state index is -1.62. The molecule has 2 saturated heterocycles. The SMILES string of the molecule is C=C(CBr)C(=O)CCCCCCC(=O)C[C@H](C(=O)N[C@@H](CCCNC(N)=O)C(=O)Cc1ccc(NC(=O)O[C@H]2CC(=O)N(C)c3cc(cc(C)c3Cl)C/C(C)=C/C=C/[C@@H](OC)[C@]3(O)CC(=O)O[C@@H](C3)[C@@H](C)[C@@H]3O[C@@]23C)cc1Br)C(C)C. The number of ketones is 3. The molecule has 5 amide bonds. The first kappa shape index (κ1) is 66.5. The average molecular weight is 1270 g/mol. The standard InChI is InChI=1S/C60H80Br2ClN5O13/c1-34(2)43(29-42(69)17-12-10-11-13-19-47(70)37(5)33-61)56(74)67-45(18-15-23-65-57(64)75)48(71)27-40-21-22-41(28-44(40)62)66-58(76)80-51-30-52(72)68(8)46-26-39(25-36(4)54(46)63)24-35(3)16-14-20-50(78-9)60(77)31-49(79-53(73)32-60)38(6)55-59(51,7)81-55/h14,16,20-22,25-26,28,34,38,43,45,49-51,55,77H,5,10-13,15,17-19,23-24,27,29-33H2,1-4,6-9H3,(H,66,76)(H,67,74)(H3,64,65,75)/b20-14+,35-16+/t38-,43+,45+,49+,50-,51+,55+,59+,60-/m1/s1. The lowest BCUT2D eigenvalue weighted by Crippen LogP contribution is -2.53. The summed E-state index contributed by atoms with van der Waals surface area (Å²) >= 11 is 13.7. The van der Waals surface area contributed by atoms with Gasteiger partial charge in [0.25, 0.3) is 0 Å². The third-order valence-corrected chi connectivity index (χ3v) is 17.5. The van der Waals surface area contributed by atoms with Gasteiger partial charge in [0.15, 0.2) is 11.6 Å². The number of nitrogens with one attached hydrogen (secondary N) is 3. The van der Waals surface area contributed by atoms with E-state index in [1.54, 1.807) is 44.3 Å². The van der Waals surface area contributed by atoms with E-state index in [0.717, 1.165) is 29.5 Å². The summed E-state index contributed by atoms with van der Waals surface area (Å²) in [6.45, 7) is 14.9. The van der Waals surface area contributed by atoms with Crippen LogP contribution in [0.4, 0.5) is 21.0 Å². The lowest BCUT2D eigenvalue weighted by molar-refractivity contribution is -0.187. The number of benzene rings is 2. The number of hydrogen-bond acceptors (Lipinski definition) is 13. The molecular weight excluding hydrogens is 1190 g/mol. The summed E-state index contributed by atoms with van der Waals surface area (Å²) in [5.41, 5.74) is 6.76. The zero-order valence-electron chi connectivity index (χ0n) is 47.8. The van der Waals surface area contributed by atoms with Crippen molar-refractivity contribution >= 4 is 102 Å². The Bertz CT molecular complexity index is 2740. The van der Waals surface area contributed by atoms with Crippen molar-refractivity contribution in [3.8, 4) is 0 Å². The number of aliphatic hydroxyl groups is 1. The van der Waals surface area contributed by atoms with Gasteiger partial charge in [-0.05, 0) is 99.3 Å². The van der Waals surface area contributed by atoms with Crippen molar-refractivity contribution in [1.29, 1.82) is 0 Å². The minimum Gasteiger partial charge on any atom is -0.462 e. The number of aryl methyl sites for hydroxylation is 1. The Morgan fingerprint density at radius 3 is 2.40 bits per heavy atom. The van der Waals surface area contributed by atoms with Crippen LogP contribution < -0.4 is 26.6 Å². The van der Waals surface area contributed by atoms with Crippen LogP contribution in [-0.4, -0.2) is 120 Å². The molecule has 9 atom stereocenters. The Labute approximate surface area is 497 Å². The highest BCUT2D eigenvalue weighted by molar-refractivity contribution is 9.10.